The number of hydrogen-bond acceptors (Lipinski definition) is 3. The topological polar surface area (TPSA) is 53.4 Å². The van der Waals surface area contributed by atoms with Crippen LogP contribution in [0.4, 0.5) is 14.9 Å². The van der Waals surface area contributed by atoms with Crippen LogP contribution in [-0.2, 0) is 0 Å². The number of likely N-dealkylation sites (tertiary alicyclic amines) is 1. The van der Waals surface area contributed by atoms with Gasteiger partial charge in [-0.1, -0.05) is 6.42 Å². The van der Waals surface area contributed by atoms with Crippen LogP contribution in [0.15, 0.2) is 30.6 Å². The van der Waals surface area contributed by atoms with Gasteiger partial charge in [-0.25, -0.2) is 13.9 Å². The molecule has 6 nitrogen and oxygen atoms in total. The summed E-state index contributed by atoms with van der Waals surface area (Å²) in [5, 5.41) is 6.89. The minimum absolute atomic E-state index is 0.226. The maximum Gasteiger partial charge on any atom is 0.321 e. The van der Waals surface area contributed by atoms with Gasteiger partial charge in [0.05, 0.1) is 6.20 Å². The van der Waals surface area contributed by atoms with Crippen molar-refractivity contribution in [2.75, 3.05) is 32.5 Å². The van der Waals surface area contributed by atoms with Crippen molar-refractivity contribution in [3.63, 3.8) is 0 Å². The van der Waals surface area contributed by atoms with Crippen molar-refractivity contribution < 1.29 is 9.18 Å². The first-order valence-electron chi connectivity index (χ1n) is 9.47. The molecule has 0 radical (unpaired) electrons. The minimum atomic E-state index is -0.428. The SMILES string of the molecule is Cc1cnn(-c2ccc(NC(=O)N(C)CCC3CCCCN3C)cc2F)c1. The highest BCUT2D eigenvalue weighted by atomic mass is 19.1. The molecule has 0 aliphatic carbocycles. The molecular formula is C20H28FN5O. The molecule has 1 N–H and O–H groups in total. The molecule has 1 unspecified atom stereocenters. The Labute approximate surface area is 160 Å². The Morgan fingerprint density at radius 2 is 2.22 bits per heavy atom. The van der Waals surface area contributed by atoms with E-state index in [1.54, 1.807) is 36.5 Å². The number of hydrogen-bond donors (Lipinski definition) is 1. The zero-order valence-corrected chi connectivity index (χ0v) is 16.3. The number of nitrogens with zero attached hydrogens (tertiary/aromatic N) is 4. The number of carbonyl (C=O) groups excluding carboxylic acids is 1. The second-order valence-electron chi connectivity index (χ2n) is 7.40. The molecule has 2 aromatic rings. The molecule has 7 heteroatoms. The summed E-state index contributed by atoms with van der Waals surface area (Å²) in [5.41, 5.74) is 1.75. The van der Waals surface area contributed by atoms with Crippen LogP contribution in [0.25, 0.3) is 5.69 Å². The number of aromatic nitrogens is 2. The average Bonchev–Trinajstić information content (AvgIpc) is 3.07. The predicted molar refractivity (Wildman–Crippen MR) is 105 cm³/mol. The molecule has 1 fully saturated rings. The number of piperidine rings is 1. The first kappa shape index (κ1) is 19.4. The summed E-state index contributed by atoms with van der Waals surface area (Å²) in [7, 11) is 3.92. The molecule has 2 heterocycles. The molecule has 1 saturated heterocycles. The summed E-state index contributed by atoms with van der Waals surface area (Å²) in [6.45, 7) is 3.70. The van der Waals surface area contributed by atoms with Gasteiger partial charge >= 0.3 is 6.03 Å². The zero-order chi connectivity index (χ0) is 19.4. The van der Waals surface area contributed by atoms with Gasteiger partial charge in [0.1, 0.15) is 5.69 Å². The van der Waals surface area contributed by atoms with Crippen LogP contribution in [0.3, 0.4) is 0 Å². The molecule has 146 valence electrons. The number of anilines is 1. The van der Waals surface area contributed by atoms with E-state index >= 15 is 0 Å². The summed E-state index contributed by atoms with van der Waals surface area (Å²) in [6.07, 6.45) is 8.08. The number of amides is 2. The lowest BCUT2D eigenvalue weighted by atomic mass is 10.00. The van der Waals surface area contributed by atoms with Crippen molar-refractivity contribution in [2.45, 2.75) is 38.6 Å². The van der Waals surface area contributed by atoms with Crippen molar-refractivity contribution in [1.29, 1.82) is 0 Å². The Bertz CT molecular complexity index is 790. The molecule has 1 aromatic carbocycles. The first-order chi connectivity index (χ1) is 12.9. The van der Waals surface area contributed by atoms with Crippen LogP contribution in [-0.4, -0.2) is 58.8 Å². The molecule has 1 atom stereocenters. The van der Waals surface area contributed by atoms with Gasteiger partial charge in [0.25, 0.3) is 0 Å². The van der Waals surface area contributed by atoms with Gasteiger partial charge in [0, 0.05) is 31.5 Å². The molecule has 27 heavy (non-hydrogen) atoms. The van der Waals surface area contributed by atoms with Gasteiger partial charge in [-0.2, -0.15) is 5.10 Å². The molecule has 0 spiro atoms. The Balaban J connectivity index is 1.56. The quantitative estimate of drug-likeness (QED) is 0.870. The van der Waals surface area contributed by atoms with E-state index in [0.29, 0.717) is 24.0 Å². The summed E-state index contributed by atoms with van der Waals surface area (Å²) >= 11 is 0. The molecule has 1 aliphatic rings. The van der Waals surface area contributed by atoms with Crippen LogP contribution in [0, 0.1) is 12.7 Å². The largest absolute Gasteiger partial charge is 0.328 e. The normalized spacial score (nSPS) is 17.7. The van der Waals surface area contributed by atoms with Crippen molar-refractivity contribution in [1.82, 2.24) is 19.6 Å². The Morgan fingerprint density at radius 3 is 2.89 bits per heavy atom. The Morgan fingerprint density at radius 1 is 1.41 bits per heavy atom. The molecular weight excluding hydrogens is 345 g/mol. The van der Waals surface area contributed by atoms with Crippen molar-refractivity contribution in [3.05, 3.63) is 42.0 Å². The smallest absolute Gasteiger partial charge is 0.321 e. The van der Waals surface area contributed by atoms with Gasteiger partial charge in [-0.15, -0.1) is 0 Å². The standard InChI is InChI=1S/C20H28FN5O/c1-15-13-22-26(14-15)19-8-7-16(12-18(19)21)23-20(27)25(3)11-9-17-6-4-5-10-24(17)2/h7-8,12-14,17H,4-6,9-11H2,1-3H3,(H,23,27). The van der Waals surface area contributed by atoms with Gasteiger partial charge < -0.3 is 15.1 Å². The lowest BCUT2D eigenvalue weighted by molar-refractivity contribution is 0.162. The van der Waals surface area contributed by atoms with Crippen molar-refractivity contribution in [2.24, 2.45) is 0 Å². The molecule has 2 amide bonds. The molecule has 1 aliphatic heterocycles. The third-order valence-electron chi connectivity index (χ3n) is 5.22. The highest BCUT2D eigenvalue weighted by molar-refractivity contribution is 5.89. The molecule has 0 bridgehead atoms. The van der Waals surface area contributed by atoms with Gasteiger partial charge in [0.2, 0.25) is 0 Å². The van der Waals surface area contributed by atoms with Gasteiger partial charge in [-0.3, -0.25) is 0 Å². The number of urea groups is 1. The lowest BCUT2D eigenvalue weighted by Crippen LogP contribution is -2.40. The monoisotopic (exact) mass is 373 g/mol. The predicted octanol–water partition coefficient (Wildman–Crippen LogP) is 3.66. The van der Waals surface area contributed by atoms with E-state index in [0.717, 1.165) is 18.5 Å². The van der Waals surface area contributed by atoms with E-state index in [1.165, 1.54) is 30.0 Å². The third-order valence-corrected chi connectivity index (χ3v) is 5.22. The molecule has 1 aromatic heterocycles. The van der Waals surface area contributed by atoms with Crippen LogP contribution in [0.2, 0.25) is 0 Å². The fourth-order valence-electron chi connectivity index (χ4n) is 3.49. The highest BCUT2D eigenvalue weighted by Gasteiger charge is 2.20. The first-order valence-corrected chi connectivity index (χ1v) is 9.47. The average molecular weight is 373 g/mol. The summed E-state index contributed by atoms with van der Waals surface area (Å²) in [5.74, 6) is -0.428. The summed E-state index contributed by atoms with van der Waals surface area (Å²) in [6, 6.07) is 4.94. The number of rotatable bonds is 5. The number of aryl methyl sites for hydroxylation is 1. The third kappa shape index (κ3) is 4.86. The second kappa shape index (κ2) is 8.52. The Kier molecular flexibility index (Phi) is 6.11. The van der Waals surface area contributed by atoms with Gasteiger partial charge in [-0.05, 0) is 63.5 Å². The summed E-state index contributed by atoms with van der Waals surface area (Å²) in [4.78, 5) is 16.4. The maximum atomic E-state index is 14.4. The fourth-order valence-corrected chi connectivity index (χ4v) is 3.49. The number of benzene rings is 1. The Hall–Kier alpha value is -2.41. The molecule has 0 saturated carbocycles. The number of carbonyl (C=O) groups is 1. The van der Waals surface area contributed by atoms with Crippen LogP contribution < -0.4 is 5.32 Å². The van der Waals surface area contributed by atoms with Crippen molar-refractivity contribution >= 4 is 11.7 Å². The second-order valence-corrected chi connectivity index (χ2v) is 7.40. The van der Waals surface area contributed by atoms with Crippen LogP contribution in [0.5, 0.6) is 0 Å². The van der Waals surface area contributed by atoms with E-state index in [1.807, 2.05) is 6.92 Å². The van der Waals surface area contributed by atoms with E-state index in [-0.39, 0.29) is 6.03 Å². The van der Waals surface area contributed by atoms with Gasteiger partial charge in [0.15, 0.2) is 5.82 Å². The maximum absolute atomic E-state index is 14.4. The van der Waals surface area contributed by atoms with E-state index in [9.17, 15) is 9.18 Å². The van der Waals surface area contributed by atoms with E-state index < -0.39 is 5.82 Å². The fraction of sp³-hybridized carbons (Fsp3) is 0.500. The minimum Gasteiger partial charge on any atom is -0.328 e. The highest BCUT2D eigenvalue weighted by Crippen LogP contribution is 2.20. The number of halogens is 1. The zero-order valence-electron chi connectivity index (χ0n) is 16.3. The molecule has 3 rings (SSSR count). The van der Waals surface area contributed by atoms with Crippen LogP contribution in [0.1, 0.15) is 31.2 Å². The van der Waals surface area contributed by atoms with E-state index in [4.69, 9.17) is 0 Å². The van der Waals surface area contributed by atoms with Crippen LogP contribution >= 0.6 is 0 Å². The lowest BCUT2D eigenvalue weighted by Gasteiger charge is -2.33. The van der Waals surface area contributed by atoms with Crippen molar-refractivity contribution in [3.8, 4) is 5.69 Å². The van der Waals surface area contributed by atoms with E-state index in [2.05, 4.69) is 22.4 Å². The summed E-state index contributed by atoms with van der Waals surface area (Å²) < 4.78 is 15.9. The number of nitrogens with one attached hydrogen (secondary N) is 1.